The van der Waals surface area contributed by atoms with Gasteiger partial charge < -0.3 is 10.2 Å². The predicted octanol–water partition coefficient (Wildman–Crippen LogP) is 6.62. The maximum Gasteiger partial charge on any atom is 0.247 e. The number of halogens is 2. The van der Waals surface area contributed by atoms with Crippen molar-refractivity contribution in [3.63, 3.8) is 0 Å². The number of rotatable bonds is 9. The Hall–Kier alpha value is -3.60. The van der Waals surface area contributed by atoms with Crippen LogP contribution < -0.4 is 5.32 Å². The molecule has 4 aromatic carbocycles. The predicted molar refractivity (Wildman–Crippen MR) is 145 cm³/mol. The van der Waals surface area contributed by atoms with Crippen LogP contribution in [-0.2, 0) is 29.1 Å². The lowest BCUT2D eigenvalue weighted by molar-refractivity contribution is -0.141. The van der Waals surface area contributed by atoms with Crippen molar-refractivity contribution in [3.05, 3.63) is 141 Å². The van der Waals surface area contributed by atoms with E-state index in [9.17, 15) is 9.59 Å². The highest BCUT2D eigenvalue weighted by molar-refractivity contribution is 6.31. The number of nitrogens with zero attached hydrogens (tertiary/aromatic N) is 1. The molecule has 0 heterocycles. The third-order valence-corrected chi connectivity index (χ3v) is 6.49. The van der Waals surface area contributed by atoms with Crippen LogP contribution in [-0.4, -0.2) is 16.7 Å². The van der Waals surface area contributed by atoms with Gasteiger partial charge in [-0.1, -0.05) is 114 Å². The first-order valence-corrected chi connectivity index (χ1v) is 12.4. The van der Waals surface area contributed by atoms with Crippen molar-refractivity contribution in [3.8, 4) is 0 Å². The smallest absolute Gasteiger partial charge is 0.247 e. The zero-order valence-electron chi connectivity index (χ0n) is 19.6. The summed E-state index contributed by atoms with van der Waals surface area (Å²) >= 11 is 12.4. The van der Waals surface area contributed by atoms with Crippen LogP contribution >= 0.6 is 23.2 Å². The van der Waals surface area contributed by atoms with E-state index in [-0.39, 0.29) is 31.3 Å². The Morgan fingerprint density at radius 2 is 1.33 bits per heavy atom. The molecule has 0 radical (unpaired) electrons. The number of carbonyl (C=O) groups excluding carboxylic acids is 2. The van der Waals surface area contributed by atoms with Crippen molar-refractivity contribution in [1.82, 2.24) is 10.2 Å². The molecule has 0 fully saturated rings. The molecule has 0 bridgehead atoms. The van der Waals surface area contributed by atoms with Crippen LogP contribution in [0.5, 0.6) is 0 Å². The van der Waals surface area contributed by atoms with E-state index in [4.69, 9.17) is 23.2 Å². The number of carbonyl (C=O) groups is 2. The summed E-state index contributed by atoms with van der Waals surface area (Å²) in [7, 11) is 0. The molecule has 1 N–H and O–H groups in total. The second kappa shape index (κ2) is 12.4. The summed E-state index contributed by atoms with van der Waals surface area (Å²) in [6.45, 7) is 0.505. The van der Waals surface area contributed by atoms with E-state index in [2.05, 4.69) is 5.32 Å². The maximum atomic E-state index is 13.7. The first-order chi connectivity index (χ1) is 17.5. The Morgan fingerprint density at radius 1 is 0.722 bits per heavy atom. The van der Waals surface area contributed by atoms with Crippen molar-refractivity contribution < 1.29 is 9.59 Å². The molecule has 0 aromatic heterocycles. The molecule has 1 atom stereocenters. The summed E-state index contributed by atoms with van der Waals surface area (Å²) in [5.41, 5.74) is 3.29. The van der Waals surface area contributed by atoms with E-state index >= 15 is 0 Å². The van der Waals surface area contributed by atoms with E-state index in [1.807, 2.05) is 91.0 Å². The Bertz CT molecular complexity index is 1300. The first kappa shape index (κ1) is 25.5. The first-order valence-electron chi connectivity index (χ1n) is 11.6. The van der Waals surface area contributed by atoms with Gasteiger partial charge in [-0.05, 0) is 40.5 Å². The molecular formula is C30H26Cl2N2O2. The van der Waals surface area contributed by atoms with Crippen LogP contribution in [0.25, 0.3) is 0 Å². The fraction of sp³-hybridized carbons (Fsp3) is 0.133. The summed E-state index contributed by atoms with van der Waals surface area (Å²) in [4.78, 5) is 29.1. The van der Waals surface area contributed by atoms with Crippen LogP contribution in [0.15, 0.2) is 109 Å². The van der Waals surface area contributed by atoms with Crippen molar-refractivity contribution in [2.24, 2.45) is 0 Å². The lowest BCUT2D eigenvalue weighted by atomic mass is 10.0. The molecule has 4 rings (SSSR count). The molecule has 4 aromatic rings. The highest BCUT2D eigenvalue weighted by atomic mass is 35.5. The Kier molecular flexibility index (Phi) is 8.77. The van der Waals surface area contributed by atoms with Gasteiger partial charge in [0, 0.05) is 23.1 Å². The quantitative estimate of drug-likeness (QED) is 0.271. The van der Waals surface area contributed by atoms with Gasteiger partial charge in [-0.25, -0.2) is 0 Å². The van der Waals surface area contributed by atoms with Crippen LogP contribution in [0.1, 0.15) is 28.3 Å². The van der Waals surface area contributed by atoms with Crippen molar-refractivity contribution in [1.29, 1.82) is 0 Å². The van der Waals surface area contributed by atoms with E-state index in [0.717, 1.165) is 22.3 Å². The van der Waals surface area contributed by atoms with Gasteiger partial charge in [0.25, 0.3) is 0 Å². The lowest BCUT2D eigenvalue weighted by Gasteiger charge is -2.32. The molecule has 36 heavy (non-hydrogen) atoms. The fourth-order valence-electron chi connectivity index (χ4n) is 4.01. The zero-order valence-corrected chi connectivity index (χ0v) is 21.1. The summed E-state index contributed by atoms with van der Waals surface area (Å²) in [6.07, 6.45) is 0.176. The third kappa shape index (κ3) is 6.75. The van der Waals surface area contributed by atoms with Gasteiger partial charge in [0.1, 0.15) is 6.04 Å². The Labute approximate surface area is 221 Å². The van der Waals surface area contributed by atoms with E-state index in [1.54, 1.807) is 23.1 Å². The van der Waals surface area contributed by atoms with E-state index in [1.165, 1.54) is 0 Å². The van der Waals surface area contributed by atoms with Gasteiger partial charge in [-0.2, -0.15) is 0 Å². The topological polar surface area (TPSA) is 49.4 Å². The molecule has 0 saturated carbocycles. The number of nitrogens with one attached hydrogen (secondary N) is 1. The number of benzene rings is 4. The van der Waals surface area contributed by atoms with Crippen LogP contribution in [0, 0.1) is 0 Å². The SMILES string of the molecule is O=C(NCc1ccccc1Cl)[C@H](c1ccccc1)N(Cc1ccc(Cl)cc1)C(=O)Cc1ccccc1. The largest absolute Gasteiger partial charge is 0.350 e. The Morgan fingerprint density at radius 3 is 2.00 bits per heavy atom. The average molecular weight is 517 g/mol. The van der Waals surface area contributed by atoms with Gasteiger partial charge in [0.05, 0.1) is 6.42 Å². The lowest BCUT2D eigenvalue weighted by Crippen LogP contribution is -2.43. The monoisotopic (exact) mass is 516 g/mol. The minimum absolute atomic E-state index is 0.155. The molecule has 0 aliphatic heterocycles. The second-order valence-corrected chi connectivity index (χ2v) is 9.28. The Balaban J connectivity index is 1.67. The van der Waals surface area contributed by atoms with Crippen LogP contribution in [0.4, 0.5) is 0 Å². The maximum absolute atomic E-state index is 13.7. The fourth-order valence-corrected chi connectivity index (χ4v) is 4.34. The van der Waals surface area contributed by atoms with Gasteiger partial charge in [0.2, 0.25) is 11.8 Å². The molecule has 0 spiro atoms. The number of amides is 2. The van der Waals surface area contributed by atoms with Gasteiger partial charge in [-0.15, -0.1) is 0 Å². The summed E-state index contributed by atoms with van der Waals surface area (Å²) in [5, 5.41) is 4.18. The normalized spacial score (nSPS) is 11.5. The van der Waals surface area contributed by atoms with E-state index in [0.29, 0.717) is 10.0 Å². The van der Waals surface area contributed by atoms with Gasteiger partial charge in [-0.3, -0.25) is 9.59 Å². The minimum Gasteiger partial charge on any atom is -0.350 e. The standard InChI is InChI=1S/C30H26Cl2N2O2/c31-26-17-15-23(16-18-26)21-34(28(35)19-22-9-3-1-4-10-22)29(24-11-5-2-6-12-24)30(36)33-20-25-13-7-8-14-27(25)32/h1-18,29H,19-21H2,(H,33,36)/t29-/m0/s1. The highest BCUT2D eigenvalue weighted by Gasteiger charge is 2.31. The second-order valence-electron chi connectivity index (χ2n) is 8.43. The third-order valence-electron chi connectivity index (χ3n) is 5.87. The molecule has 0 unspecified atom stereocenters. The molecule has 6 heteroatoms. The number of hydrogen-bond donors (Lipinski definition) is 1. The van der Waals surface area contributed by atoms with Gasteiger partial charge in [0.15, 0.2) is 0 Å². The van der Waals surface area contributed by atoms with Crippen molar-refractivity contribution in [2.45, 2.75) is 25.6 Å². The minimum atomic E-state index is -0.833. The molecule has 4 nitrogen and oxygen atoms in total. The molecule has 2 amide bonds. The van der Waals surface area contributed by atoms with Crippen LogP contribution in [0.3, 0.4) is 0 Å². The number of hydrogen-bond acceptors (Lipinski definition) is 2. The molecule has 0 aliphatic rings. The molecule has 0 aliphatic carbocycles. The van der Waals surface area contributed by atoms with Crippen molar-refractivity contribution in [2.75, 3.05) is 0 Å². The summed E-state index contributed by atoms with van der Waals surface area (Å²) in [6, 6.07) is 32.7. The molecule has 182 valence electrons. The zero-order chi connectivity index (χ0) is 25.3. The molecular weight excluding hydrogens is 491 g/mol. The van der Waals surface area contributed by atoms with Crippen molar-refractivity contribution >= 4 is 35.0 Å². The van der Waals surface area contributed by atoms with Gasteiger partial charge >= 0.3 is 0 Å². The van der Waals surface area contributed by atoms with Crippen LogP contribution in [0.2, 0.25) is 10.0 Å². The average Bonchev–Trinajstić information content (AvgIpc) is 2.90. The summed E-state index contributed by atoms with van der Waals surface area (Å²) < 4.78 is 0. The van der Waals surface area contributed by atoms with E-state index < -0.39 is 6.04 Å². The molecule has 0 saturated heterocycles. The summed E-state index contributed by atoms with van der Waals surface area (Å²) in [5.74, 6) is -0.436. The highest BCUT2D eigenvalue weighted by Crippen LogP contribution is 2.26.